The SMILES string of the molecule is COc1cccc(C(=O)N(C)C2CCC3(CC2)CNC(=O)c2cc(C)ccc2O3)c1. The summed E-state index contributed by atoms with van der Waals surface area (Å²) in [5.74, 6) is 1.23. The number of nitrogens with zero attached hydrogens (tertiary/aromatic N) is 1. The average Bonchev–Trinajstić information content (AvgIpc) is 2.90. The summed E-state index contributed by atoms with van der Waals surface area (Å²) in [6.07, 6.45) is 3.20. The van der Waals surface area contributed by atoms with E-state index in [1.807, 2.05) is 55.3 Å². The van der Waals surface area contributed by atoms with Crippen LogP contribution in [0.15, 0.2) is 42.5 Å². The zero-order valence-corrected chi connectivity index (χ0v) is 17.7. The van der Waals surface area contributed by atoms with E-state index in [1.165, 1.54) is 0 Å². The molecule has 0 radical (unpaired) electrons. The summed E-state index contributed by atoms with van der Waals surface area (Å²) < 4.78 is 11.7. The minimum absolute atomic E-state index is 0.00856. The molecule has 4 rings (SSSR count). The molecule has 0 atom stereocenters. The minimum atomic E-state index is -0.424. The van der Waals surface area contributed by atoms with Crippen LogP contribution in [0.2, 0.25) is 0 Å². The lowest BCUT2D eigenvalue weighted by atomic mass is 9.81. The van der Waals surface area contributed by atoms with E-state index < -0.39 is 5.60 Å². The Labute approximate surface area is 177 Å². The van der Waals surface area contributed by atoms with Gasteiger partial charge in [0.25, 0.3) is 11.8 Å². The van der Waals surface area contributed by atoms with E-state index in [1.54, 1.807) is 13.2 Å². The number of amides is 2. The Kier molecular flexibility index (Phi) is 5.41. The van der Waals surface area contributed by atoms with Crippen molar-refractivity contribution in [3.8, 4) is 11.5 Å². The molecular weight excluding hydrogens is 380 g/mol. The Morgan fingerprint density at radius 1 is 1.20 bits per heavy atom. The van der Waals surface area contributed by atoms with Crippen molar-refractivity contribution in [2.75, 3.05) is 20.7 Å². The Morgan fingerprint density at radius 3 is 2.70 bits per heavy atom. The van der Waals surface area contributed by atoms with Crippen molar-refractivity contribution >= 4 is 11.8 Å². The van der Waals surface area contributed by atoms with Crippen LogP contribution in [-0.4, -0.2) is 49.1 Å². The number of hydrogen-bond donors (Lipinski definition) is 1. The van der Waals surface area contributed by atoms with Crippen molar-refractivity contribution in [3.05, 3.63) is 59.2 Å². The van der Waals surface area contributed by atoms with Crippen molar-refractivity contribution in [3.63, 3.8) is 0 Å². The van der Waals surface area contributed by atoms with E-state index in [0.717, 1.165) is 31.2 Å². The van der Waals surface area contributed by atoms with Crippen LogP contribution >= 0.6 is 0 Å². The highest BCUT2D eigenvalue weighted by Crippen LogP contribution is 2.37. The largest absolute Gasteiger partial charge is 0.497 e. The van der Waals surface area contributed by atoms with E-state index in [-0.39, 0.29) is 17.9 Å². The molecule has 1 saturated carbocycles. The topological polar surface area (TPSA) is 67.9 Å². The first-order chi connectivity index (χ1) is 14.4. The third-order valence-corrected chi connectivity index (χ3v) is 6.33. The number of nitrogens with one attached hydrogen (secondary N) is 1. The number of hydrogen-bond acceptors (Lipinski definition) is 4. The molecule has 1 aliphatic heterocycles. The first-order valence-corrected chi connectivity index (χ1v) is 10.4. The molecule has 2 aromatic rings. The normalized spacial score (nSPS) is 23.0. The van der Waals surface area contributed by atoms with Crippen LogP contribution in [-0.2, 0) is 0 Å². The Balaban J connectivity index is 1.46. The lowest BCUT2D eigenvalue weighted by Gasteiger charge is -2.42. The van der Waals surface area contributed by atoms with Gasteiger partial charge in [0, 0.05) is 18.7 Å². The molecule has 158 valence electrons. The van der Waals surface area contributed by atoms with Crippen LogP contribution < -0.4 is 14.8 Å². The van der Waals surface area contributed by atoms with Crippen LogP contribution in [0.3, 0.4) is 0 Å². The molecule has 1 fully saturated rings. The molecule has 2 aliphatic rings. The maximum absolute atomic E-state index is 13.0. The summed E-state index contributed by atoms with van der Waals surface area (Å²) >= 11 is 0. The van der Waals surface area contributed by atoms with Crippen LogP contribution in [0.1, 0.15) is 52.0 Å². The van der Waals surface area contributed by atoms with E-state index >= 15 is 0 Å². The molecule has 1 spiro atoms. The highest BCUT2D eigenvalue weighted by Gasteiger charge is 2.41. The van der Waals surface area contributed by atoms with E-state index in [2.05, 4.69) is 5.32 Å². The van der Waals surface area contributed by atoms with Gasteiger partial charge >= 0.3 is 0 Å². The van der Waals surface area contributed by atoms with Gasteiger partial charge in [-0.3, -0.25) is 9.59 Å². The molecule has 6 heteroatoms. The summed E-state index contributed by atoms with van der Waals surface area (Å²) in [6.45, 7) is 2.45. The lowest BCUT2D eigenvalue weighted by molar-refractivity contribution is 0.0103. The van der Waals surface area contributed by atoms with Crippen LogP contribution in [0, 0.1) is 6.92 Å². The van der Waals surface area contributed by atoms with Gasteiger partial charge in [0.05, 0.1) is 19.2 Å². The van der Waals surface area contributed by atoms with Crippen LogP contribution in [0.5, 0.6) is 11.5 Å². The minimum Gasteiger partial charge on any atom is -0.497 e. The summed E-state index contributed by atoms with van der Waals surface area (Å²) in [7, 11) is 3.46. The van der Waals surface area contributed by atoms with Gasteiger partial charge in [0.15, 0.2) is 0 Å². The van der Waals surface area contributed by atoms with Gasteiger partial charge in [-0.25, -0.2) is 0 Å². The molecule has 0 unspecified atom stereocenters. The number of carbonyl (C=O) groups excluding carboxylic acids is 2. The van der Waals surface area contributed by atoms with Crippen LogP contribution in [0.4, 0.5) is 0 Å². The summed E-state index contributed by atoms with van der Waals surface area (Å²) in [6, 6.07) is 13.1. The quantitative estimate of drug-likeness (QED) is 0.843. The fourth-order valence-electron chi connectivity index (χ4n) is 4.44. The predicted octanol–water partition coefficient (Wildman–Crippen LogP) is 3.58. The van der Waals surface area contributed by atoms with Gasteiger partial charge in [0.1, 0.15) is 17.1 Å². The second-order valence-electron chi connectivity index (χ2n) is 8.35. The molecule has 1 aliphatic carbocycles. The van der Waals surface area contributed by atoms with E-state index in [4.69, 9.17) is 9.47 Å². The molecule has 6 nitrogen and oxygen atoms in total. The zero-order chi connectivity index (χ0) is 21.3. The van der Waals surface area contributed by atoms with Crippen molar-refractivity contribution < 1.29 is 19.1 Å². The lowest BCUT2D eigenvalue weighted by Crippen LogP contribution is -2.51. The maximum atomic E-state index is 13.0. The number of methoxy groups -OCH3 is 1. The van der Waals surface area contributed by atoms with E-state index in [0.29, 0.717) is 29.2 Å². The molecule has 1 heterocycles. The van der Waals surface area contributed by atoms with Gasteiger partial charge in [0.2, 0.25) is 0 Å². The van der Waals surface area contributed by atoms with Gasteiger partial charge in [-0.05, 0) is 62.9 Å². The standard InChI is InChI=1S/C24H28N2O4/c1-16-7-8-21-20(13-16)22(27)25-15-24(30-21)11-9-18(10-12-24)26(2)23(28)17-5-4-6-19(14-17)29-3/h4-8,13-14,18H,9-12,15H2,1-3H3,(H,25,27). The third-order valence-electron chi connectivity index (χ3n) is 6.33. The molecule has 2 aromatic carbocycles. The highest BCUT2D eigenvalue weighted by atomic mass is 16.5. The predicted molar refractivity (Wildman–Crippen MR) is 114 cm³/mol. The zero-order valence-electron chi connectivity index (χ0n) is 17.7. The second kappa shape index (κ2) is 8.01. The van der Waals surface area contributed by atoms with Gasteiger partial charge in [-0.2, -0.15) is 0 Å². The first-order valence-electron chi connectivity index (χ1n) is 10.4. The van der Waals surface area contributed by atoms with Crippen molar-refractivity contribution in [1.82, 2.24) is 10.2 Å². The van der Waals surface area contributed by atoms with Crippen molar-refractivity contribution in [2.24, 2.45) is 0 Å². The van der Waals surface area contributed by atoms with Crippen molar-refractivity contribution in [1.29, 1.82) is 0 Å². The number of benzene rings is 2. The summed E-state index contributed by atoms with van der Waals surface area (Å²) in [4.78, 5) is 27.3. The Morgan fingerprint density at radius 2 is 1.97 bits per heavy atom. The number of carbonyl (C=O) groups is 2. The van der Waals surface area contributed by atoms with Crippen LogP contribution in [0.25, 0.3) is 0 Å². The third kappa shape index (κ3) is 3.86. The molecule has 1 N–H and O–H groups in total. The molecular formula is C24H28N2O4. The van der Waals surface area contributed by atoms with Gasteiger partial charge in [-0.1, -0.05) is 17.7 Å². The second-order valence-corrected chi connectivity index (χ2v) is 8.35. The number of aryl methyl sites for hydroxylation is 1. The molecule has 0 aromatic heterocycles. The number of fused-ring (bicyclic) bond motifs is 1. The first kappa shape index (κ1) is 20.3. The fraction of sp³-hybridized carbons (Fsp3) is 0.417. The highest BCUT2D eigenvalue weighted by molar-refractivity contribution is 5.97. The monoisotopic (exact) mass is 408 g/mol. The molecule has 0 saturated heterocycles. The Bertz CT molecular complexity index is 963. The summed E-state index contributed by atoms with van der Waals surface area (Å²) in [5, 5.41) is 3.04. The Hall–Kier alpha value is -3.02. The maximum Gasteiger partial charge on any atom is 0.255 e. The van der Waals surface area contributed by atoms with Gasteiger partial charge < -0.3 is 19.7 Å². The van der Waals surface area contributed by atoms with Crippen molar-refractivity contribution in [2.45, 2.75) is 44.2 Å². The molecule has 0 bridgehead atoms. The van der Waals surface area contributed by atoms with Gasteiger partial charge in [-0.15, -0.1) is 0 Å². The molecule has 30 heavy (non-hydrogen) atoms. The average molecular weight is 408 g/mol. The number of ether oxygens (including phenoxy) is 2. The summed E-state index contributed by atoms with van der Waals surface area (Å²) in [5.41, 5.74) is 1.83. The smallest absolute Gasteiger partial charge is 0.255 e. The van der Waals surface area contributed by atoms with E-state index in [9.17, 15) is 9.59 Å². The fourth-order valence-corrected chi connectivity index (χ4v) is 4.44. The molecule has 2 amide bonds. The number of rotatable bonds is 3.